The lowest BCUT2D eigenvalue weighted by Crippen LogP contribution is -2.46. The second-order valence-electron chi connectivity index (χ2n) is 7.30. The highest BCUT2D eigenvalue weighted by atomic mass is 35.5. The molecular formula is C23H28Cl4N4O5. The van der Waals surface area contributed by atoms with Gasteiger partial charge in [-0.25, -0.2) is 0 Å². The zero-order valence-corrected chi connectivity index (χ0v) is 22.8. The molecule has 0 saturated carbocycles. The highest BCUT2D eigenvalue weighted by Gasteiger charge is 2.20. The van der Waals surface area contributed by atoms with Crippen LogP contribution in [0.4, 0.5) is 5.69 Å². The van der Waals surface area contributed by atoms with Crippen LogP contribution in [-0.4, -0.2) is 75.5 Å². The second-order valence-corrected chi connectivity index (χ2v) is 8.93. The molecule has 13 heteroatoms. The van der Waals surface area contributed by atoms with Crippen molar-refractivity contribution in [3.05, 3.63) is 56.0 Å². The lowest BCUT2D eigenvalue weighted by Gasteiger charge is -2.24. The minimum Gasteiger partial charge on any atom is -0.505 e. The Hall–Kier alpha value is -1.98. The van der Waals surface area contributed by atoms with Crippen molar-refractivity contribution in [3.63, 3.8) is 0 Å². The highest BCUT2D eigenvalue weighted by molar-refractivity contribution is 6.42. The molecule has 0 atom stereocenters. The molecule has 0 aliphatic carbocycles. The zero-order chi connectivity index (χ0) is 26.5. The van der Waals surface area contributed by atoms with Gasteiger partial charge in [0.1, 0.15) is 0 Å². The number of anilines is 1. The number of halogens is 4. The summed E-state index contributed by atoms with van der Waals surface area (Å²) in [4.78, 5) is 18.9. The lowest BCUT2D eigenvalue weighted by molar-refractivity contribution is -0.125. The number of methoxy groups -OCH3 is 1. The number of hydrogen-bond acceptors (Lipinski definition) is 7. The van der Waals surface area contributed by atoms with Crippen molar-refractivity contribution in [3.8, 4) is 5.75 Å². The fourth-order valence-electron chi connectivity index (χ4n) is 2.87. The molecule has 9 nitrogen and oxygen atoms in total. The number of aromatic hydroxyl groups is 1. The number of hydrazine groups is 1. The van der Waals surface area contributed by atoms with Gasteiger partial charge in [-0.15, -0.1) is 0 Å². The van der Waals surface area contributed by atoms with E-state index in [0.29, 0.717) is 42.2 Å². The highest BCUT2D eigenvalue weighted by Crippen LogP contribution is 2.34. The van der Waals surface area contributed by atoms with Crippen molar-refractivity contribution >= 4 is 63.8 Å². The van der Waals surface area contributed by atoms with Crippen molar-refractivity contribution in [1.29, 1.82) is 0 Å². The molecule has 1 amide bonds. The summed E-state index contributed by atoms with van der Waals surface area (Å²) in [5, 5.41) is 10.6. The standard InChI is InChI=1S/C23H28Cl4N4O5/c1-28-22(30-29-16-12-19(26)21(32)20(27)13-16)23(33)31(5-6-35-9-10-36-8-7-34-2)14-15-3-4-17(24)18(25)11-15/h3-4,11-13,29,32H,5-10,14H2,1-2H3,(H,28,30). The maximum absolute atomic E-state index is 13.3. The molecule has 0 aliphatic rings. The molecule has 0 fully saturated rings. The van der Waals surface area contributed by atoms with Gasteiger partial charge in [0.15, 0.2) is 5.75 Å². The maximum atomic E-state index is 13.3. The van der Waals surface area contributed by atoms with E-state index in [1.165, 1.54) is 19.2 Å². The predicted molar refractivity (Wildman–Crippen MR) is 144 cm³/mol. The summed E-state index contributed by atoms with van der Waals surface area (Å²) in [6, 6.07) is 8.05. The van der Waals surface area contributed by atoms with E-state index in [0.717, 1.165) is 5.56 Å². The predicted octanol–water partition coefficient (Wildman–Crippen LogP) is 4.66. The first-order chi connectivity index (χ1) is 17.3. The van der Waals surface area contributed by atoms with Crippen molar-refractivity contribution in [2.75, 3.05) is 59.2 Å². The van der Waals surface area contributed by atoms with E-state index < -0.39 is 5.91 Å². The molecular weight excluding hydrogens is 554 g/mol. The number of nitrogens with one attached hydrogen (secondary N) is 2. The molecule has 3 N–H and O–H groups in total. The van der Waals surface area contributed by atoms with E-state index in [4.69, 9.17) is 60.6 Å². The number of carbonyl (C=O) groups excluding carboxylic acids is 1. The molecule has 2 rings (SSSR count). The molecule has 2 aromatic rings. The molecule has 0 aromatic heterocycles. The van der Waals surface area contributed by atoms with E-state index in [2.05, 4.69) is 15.8 Å². The van der Waals surface area contributed by atoms with Crippen LogP contribution in [0.2, 0.25) is 20.1 Å². The number of amides is 1. The van der Waals surface area contributed by atoms with Gasteiger partial charge in [-0.05, 0) is 29.8 Å². The van der Waals surface area contributed by atoms with Gasteiger partial charge in [0.25, 0.3) is 5.91 Å². The number of aliphatic imine (C=N–C) groups is 1. The summed E-state index contributed by atoms with van der Waals surface area (Å²) >= 11 is 24.1. The SMILES string of the molecule is CN=C(NNc1cc(Cl)c(O)c(Cl)c1)C(=O)N(CCOCCOCCOC)Cc1ccc(Cl)c(Cl)c1. The molecule has 0 spiro atoms. The van der Waals surface area contributed by atoms with Crippen LogP contribution in [-0.2, 0) is 25.5 Å². The Bertz CT molecular complexity index is 1020. The van der Waals surface area contributed by atoms with Crippen LogP contribution >= 0.6 is 46.4 Å². The molecule has 198 valence electrons. The lowest BCUT2D eigenvalue weighted by atomic mass is 10.2. The molecule has 0 aliphatic heterocycles. The third kappa shape index (κ3) is 9.82. The Balaban J connectivity index is 2.04. The Morgan fingerprint density at radius 3 is 2.19 bits per heavy atom. The number of nitrogens with zero attached hydrogens (tertiary/aromatic N) is 2. The normalized spacial score (nSPS) is 11.4. The first kappa shape index (κ1) is 30.2. The quantitative estimate of drug-likeness (QED) is 0.104. The number of carbonyl (C=O) groups is 1. The summed E-state index contributed by atoms with van der Waals surface area (Å²) in [5.74, 6) is -0.605. The molecule has 0 saturated heterocycles. The fraction of sp³-hybridized carbons (Fsp3) is 0.391. The summed E-state index contributed by atoms with van der Waals surface area (Å²) in [6.07, 6.45) is 0. The summed E-state index contributed by atoms with van der Waals surface area (Å²) in [5.41, 5.74) is 6.78. The van der Waals surface area contributed by atoms with Crippen molar-refractivity contribution in [1.82, 2.24) is 10.3 Å². The van der Waals surface area contributed by atoms with Gasteiger partial charge in [0, 0.05) is 27.2 Å². The number of amidine groups is 1. The van der Waals surface area contributed by atoms with Crippen molar-refractivity contribution < 1.29 is 24.1 Å². The summed E-state index contributed by atoms with van der Waals surface area (Å²) in [6.45, 7) is 2.55. The average molecular weight is 582 g/mol. The fourth-order valence-corrected chi connectivity index (χ4v) is 3.68. The Morgan fingerprint density at radius 2 is 1.58 bits per heavy atom. The molecule has 0 heterocycles. The Labute approximate surface area is 230 Å². The number of benzene rings is 2. The van der Waals surface area contributed by atoms with Gasteiger partial charge in [-0.1, -0.05) is 52.5 Å². The van der Waals surface area contributed by atoms with E-state index in [1.807, 2.05) is 0 Å². The molecule has 36 heavy (non-hydrogen) atoms. The van der Waals surface area contributed by atoms with Gasteiger partial charge in [0.05, 0.1) is 58.8 Å². The van der Waals surface area contributed by atoms with E-state index in [-0.39, 0.29) is 41.3 Å². The molecule has 0 radical (unpaired) electrons. The number of hydrogen-bond donors (Lipinski definition) is 3. The van der Waals surface area contributed by atoms with Gasteiger partial charge < -0.3 is 24.2 Å². The van der Waals surface area contributed by atoms with Crippen LogP contribution < -0.4 is 10.9 Å². The van der Waals surface area contributed by atoms with Crippen LogP contribution in [0.3, 0.4) is 0 Å². The third-order valence-corrected chi connectivity index (χ3v) is 6.04. The number of phenolic OH excluding ortho intramolecular Hbond substituents is 1. The summed E-state index contributed by atoms with van der Waals surface area (Å²) in [7, 11) is 3.08. The minimum atomic E-state index is -0.396. The van der Waals surface area contributed by atoms with Crippen molar-refractivity contribution in [2.45, 2.75) is 6.54 Å². The molecule has 0 bridgehead atoms. The van der Waals surface area contributed by atoms with Gasteiger partial charge in [-0.3, -0.25) is 20.6 Å². The smallest absolute Gasteiger partial charge is 0.291 e. The number of ether oxygens (including phenoxy) is 3. The first-order valence-corrected chi connectivity index (χ1v) is 12.3. The number of phenols is 1. The maximum Gasteiger partial charge on any atom is 0.291 e. The average Bonchev–Trinajstić information content (AvgIpc) is 2.85. The second kappa shape index (κ2) is 16.0. The van der Waals surface area contributed by atoms with Gasteiger partial charge in [-0.2, -0.15) is 0 Å². The molecule has 0 unspecified atom stereocenters. The van der Waals surface area contributed by atoms with Crippen LogP contribution in [0.1, 0.15) is 5.56 Å². The minimum absolute atomic E-state index is 0.0262. The monoisotopic (exact) mass is 580 g/mol. The zero-order valence-electron chi connectivity index (χ0n) is 19.8. The van der Waals surface area contributed by atoms with Crippen LogP contribution in [0.5, 0.6) is 5.75 Å². The Morgan fingerprint density at radius 1 is 0.944 bits per heavy atom. The van der Waals surface area contributed by atoms with E-state index in [9.17, 15) is 9.90 Å². The van der Waals surface area contributed by atoms with E-state index >= 15 is 0 Å². The Kier molecular flexibility index (Phi) is 13.4. The van der Waals surface area contributed by atoms with Crippen LogP contribution in [0, 0.1) is 0 Å². The topological polar surface area (TPSA) is 105 Å². The van der Waals surface area contributed by atoms with Crippen LogP contribution in [0.15, 0.2) is 35.3 Å². The van der Waals surface area contributed by atoms with Crippen LogP contribution in [0.25, 0.3) is 0 Å². The van der Waals surface area contributed by atoms with Gasteiger partial charge in [0.2, 0.25) is 5.84 Å². The number of rotatable bonds is 13. The van der Waals surface area contributed by atoms with Crippen molar-refractivity contribution in [2.24, 2.45) is 4.99 Å². The largest absolute Gasteiger partial charge is 0.505 e. The third-order valence-electron chi connectivity index (χ3n) is 4.72. The van der Waals surface area contributed by atoms with Gasteiger partial charge >= 0.3 is 0 Å². The first-order valence-electron chi connectivity index (χ1n) is 10.8. The van der Waals surface area contributed by atoms with E-state index in [1.54, 1.807) is 30.2 Å². The summed E-state index contributed by atoms with van der Waals surface area (Å²) < 4.78 is 15.9. The molecule has 2 aromatic carbocycles.